The van der Waals surface area contributed by atoms with E-state index in [4.69, 9.17) is 0 Å². The van der Waals surface area contributed by atoms with E-state index in [0.717, 1.165) is 11.0 Å². The number of fused-ring (bicyclic) bond motifs is 1. The maximum absolute atomic E-state index is 12.8. The van der Waals surface area contributed by atoms with Crippen molar-refractivity contribution in [2.24, 2.45) is 5.92 Å². The number of carbonyl (C=O) groups is 2. The van der Waals surface area contributed by atoms with Crippen LogP contribution in [0.25, 0.3) is 11.0 Å². The van der Waals surface area contributed by atoms with Crippen molar-refractivity contribution in [2.75, 3.05) is 13.6 Å². The van der Waals surface area contributed by atoms with Gasteiger partial charge in [-0.05, 0) is 43.5 Å². The molecule has 0 unspecified atom stereocenters. The third kappa shape index (κ3) is 5.85. The monoisotopic (exact) mass is 470 g/mol. The molecule has 0 spiro atoms. The zero-order valence-corrected chi connectivity index (χ0v) is 20.1. The van der Waals surface area contributed by atoms with Crippen molar-refractivity contribution in [1.29, 1.82) is 0 Å². The van der Waals surface area contributed by atoms with Crippen LogP contribution in [-0.4, -0.2) is 48.0 Å². The van der Waals surface area contributed by atoms with Crippen LogP contribution in [0.15, 0.2) is 53.4 Å². The van der Waals surface area contributed by atoms with Crippen LogP contribution in [-0.2, 0) is 14.8 Å². The van der Waals surface area contributed by atoms with Crippen LogP contribution in [0.2, 0.25) is 0 Å². The molecular formula is C24H30N4O4S. The number of nitrogens with one attached hydrogen (secondary N) is 2. The summed E-state index contributed by atoms with van der Waals surface area (Å²) in [5.41, 5.74) is 2.21. The number of imidazole rings is 1. The van der Waals surface area contributed by atoms with Gasteiger partial charge in [0.1, 0.15) is 5.82 Å². The number of aromatic nitrogens is 2. The standard InChI is InChI=1S/C24H30N4O4S/c1-16(2)23(24-25-20-8-5-6-9-21(20)26-24)27-22(30)10-7-15-28(4)33(31,32)19-13-11-18(12-14-19)17(3)29/h5-6,8-9,11-14,16,23H,7,10,15H2,1-4H3,(H,25,26)(H,27,30)/t23-/m1/s1. The highest BCUT2D eigenvalue weighted by Crippen LogP contribution is 2.22. The number of aromatic amines is 1. The number of hydrogen-bond acceptors (Lipinski definition) is 5. The maximum Gasteiger partial charge on any atom is 0.242 e. The number of benzene rings is 2. The van der Waals surface area contributed by atoms with E-state index < -0.39 is 10.0 Å². The number of H-pyrrole nitrogens is 1. The Morgan fingerprint density at radius 1 is 1.09 bits per heavy atom. The fraction of sp³-hybridized carbons (Fsp3) is 0.375. The number of nitrogens with zero attached hydrogens (tertiary/aromatic N) is 2. The Balaban J connectivity index is 1.57. The Hall–Kier alpha value is -3.04. The van der Waals surface area contributed by atoms with Gasteiger partial charge in [0.15, 0.2) is 5.78 Å². The molecule has 33 heavy (non-hydrogen) atoms. The van der Waals surface area contributed by atoms with Crippen LogP contribution in [0.3, 0.4) is 0 Å². The first-order valence-electron chi connectivity index (χ1n) is 10.9. The minimum absolute atomic E-state index is 0.115. The second-order valence-electron chi connectivity index (χ2n) is 8.44. The molecule has 1 heterocycles. The van der Waals surface area contributed by atoms with Crippen LogP contribution >= 0.6 is 0 Å². The summed E-state index contributed by atoms with van der Waals surface area (Å²) in [5.74, 6) is 0.537. The van der Waals surface area contributed by atoms with Gasteiger partial charge in [0.05, 0.1) is 22.0 Å². The molecule has 0 radical (unpaired) electrons. The summed E-state index contributed by atoms with van der Waals surface area (Å²) in [6.45, 7) is 5.64. The van der Waals surface area contributed by atoms with Gasteiger partial charge in [-0.1, -0.05) is 38.1 Å². The highest BCUT2D eigenvalue weighted by Gasteiger charge is 2.23. The Bertz CT molecular complexity index is 1200. The van der Waals surface area contributed by atoms with E-state index >= 15 is 0 Å². The third-order valence-electron chi connectivity index (χ3n) is 5.53. The summed E-state index contributed by atoms with van der Waals surface area (Å²) in [6, 6.07) is 13.3. The summed E-state index contributed by atoms with van der Waals surface area (Å²) in [6.07, 6.45) is 0.560. The minimum Gasteiger partial charge on any atom is -0.346 e. The Labute approximate surface area is 194 Å². The number of amides is 1. The predicted molar refractivity (Wildman–Crippen MR) is 127 cm³/mol. The van der Waals surface area contributed by atoms with E-state index in [1.807, 2.05) is 38.1 Å². The number of ketones is 1. The van der Waals surface area contributed by atoms with Crippen LogP contribution in [0.1, 0.15) is 55.8 Å². The van der Waals surface area contributed by atoms with E-state index in [0.29, 0.717) is 17.8 Å². The van der Waals surface area contributed by atoms with Crippen molar-refractivity contribution in [3.8, 4) is 0 Å². The summed E-state index contributed by atoms with van der Waals surface area (Å²) >= 11 is 0. The van der Waals surface area contributed by atoms with E-state index in [2.05, 4.69) is 15.3 Å². The van der Waals surface area contributed by atoms with Gasteiger partial charge in [-0.25, -0.2) is 17.7 Å². The first-order chi connectivity index (χ1) is 15.6. The van der Waals surface area contributed by atoms with Crippen LogP contribution in [0, 0.1) is 5.92 Å². The van der Waals surface area contributed by atoms with Crippen molar-refractivity contribution in [3.63, 3.8) is 0 Å². The highest BCUT2D eigenvalue weighted by atomic mass is 32.2. The lowest BCUT2D eigenvalue weighted by Gasteiger charge is -2.21. The average molecular weight is 471 g/mol. The van der Waals surface area contributed by atoms with Crippen molar-refractivity contribution in [1.82, 2.24) is 19.6 Å². The molecule has 0 bridgehead atoms. The molecule has 1 amide bonds. The molecule has 2 aromatic carbocycles. The normalized spacial score (nSPS) is 12.9. The van der Waals surface area contributed by atoms with Gasteiger partial charge in [-0.15, -0.1) is 0 Å². The molecular weight excluding hydrogens is 440 g/mol. The number of Topliss-reactive ketones (excluding diaryl/α,β-unsaturated/α-hetero) is 1. The molecule has 0 saturated carbocycles. The topological polar surface area (TPSA) is 112 Å². The molecule has 3 aromatic rings. The third-order valence-corrected chi connectivity index (χ3v) is 7.40. The van der Waals surface area contributed by atoms with Gasteiger partial charge in [-0.2, -0.15) is 0 Å². The van der Waals surface area contributed by atoms with Gasteiger partial charge in [0.2, 0.25) is 15.9 Å². The molecule has 0 aliphatic carbocycles. The van der Waals surface area contributed by atoms with Crippen LogP contribution < -0.4 is 5.32 Å². The lowest BCUT2D eigenvalue weighted by molar-refractivity contribution is -0.122. The van der Waals surface area contributed by atoms with Gasteiger partial charge in [0.25, 0.3) is 0 Å². The molecule has 2 N–H and O–H groups in total. The van der Waals surface area contributed by atoms with Crippen molar-refractivity contribution < 1.29 is 18.0 Å². The number of sulfonamides is 1. The SMILES string of the molecule is CC(=O)c1ccc(S(=O)(=O)N(C)CCCC(=O)N[C@@H](c2nc3ccccc3[nH]2)C(C)C)cc1. The summed E-state index contributed by atoms with van der Waals surface area (Å²) in [5, 5.41) is 3.02. The highest BCUT2D eigenvalue weighted by molar-refractivity contribution is 7.89. The fourth-order valence-corrected chi connectivity index (χ4v) is 4.75. The smallest absolute Gasteiger partial charge is 0.242 e. The molecule has 1 atom stereocenters. The number of hydrogen-bond donors (Lipinski definition) is 2. The predicted octanol–water partition coefficient (Wildman–Crippen LogP) is 3.68. The average Bonchev–Trinajstić information content (AvgIpc) is 3.21. The van der Waals surface area contributed by atoms with Crippen molar-refractivity contribution in [2.45, 2.75) is 44.6 Å². The second kappa shape index (κ2) is 10.3. The molecule has 0 aliphatic rings. The molecule has 3 rings (SSSR count). The van der Waals surface area contributed by atoms with Crippen LogP contribution in [0.5, 0.6) is 0 Å². The molecule has 176 valence electrons. The van der Waals surface area contributed by atoms with Gasteiger partial charge >= 0.3 is 0 Å². The van der Waals surface area contributed by atoms with Gasteiger partial charge in [-0.3, -0.25) is 9.59 Å². The largest absolute Gasteiger partial charge is 0.346 e. The van der Waals surface area contributed by atoms with E-state index in [1.165, 1.54) is 42.5 Å². The van der Waals surface area contributed by atoms with E-state index in [9.17, 15) is 18.0 Å². The lowest BCUT2D eigenvalue weighted by atomic mass is 10.0. The Morgan fingerprint density at radius 2 is 1.76 bits per heavy atom. The number of para-hydroxylation sites is 2. The lowest BCUT2D eigenvalue weighted by Crippen LogP contribution is -2.33. The van der Waals surface area contributed by atoms with Gasteiger partial charge in [0, 0.05) is 25.6 Å². The summed E-state index contributed by atoms with van der Waals surface area (Å²) in [4.78, 5) is 32.0. The molecule has 0 aliphatic heterocycles. The zero-order valence-electron chi connectivity index (χ0n) is 19.3. The van der Waals surface area contributed by atoms with E-state index in [-0.39, 0.29) is 41.5 Å². The number of carbonyl (C=O) groups excluding carboxylic acids is 2. The molecule has 1 aromatic heterocycles. The molecule has 0 fully saturated rings. The first kappa shape index (κ1) is 24.6. The van der Waals surface area contributed by atoms with Crippen molar-refractivity contribution in [3.05, 3.63) is 59.9 Å². The zero-order chi connectivity index (χ0) is 24.2. The number of rotatable bonds is 10. The Morgan fingerprint density at radius 3 is 2.36 bits per heavy atom. The quantitative estimate of drug-likeness (QED) is 0.439. The summed E-state index contributed by atoms with van der Waals surface area (Å²) in [7, 11) is -2.21. The minimum atomic E-state index is -3.70. The van der Waals surface area contributed by atoms with Gasteiger partial charge < -0.3 is 10.3 Å². The Kier molecular flexibility index (Phi) is 7.65. The molecule has 0 saturated heterocycles. The first-order valence-corrected chi connectivity index (χ1v) is 12.3. The molecule has 9 heteroatoms. The fourth-order valence-electron chi connectivity index (χ4n) is 3.54. The second-order valence-corrected chi connectivity index (χ2v) is 10.5. The molecule has 8 nitrogen and oxygen atoms in total. The summed E-state index contributed by atoms with van der Waals surface area (Å²) < 4.78 is 26.7. The van der Waals surface area contributed by atoms with Crippen molar-refractivity contribution >= 4 is 32.7 Å². The van der Waals surface area contributed by atoms with E-state index in [1.54, 1.807) is 0 Å². The van der Waals surface area contributed by atoms with Crippen LogP contribution in [0.4, 0.5) is 0 Å². The maximum atomic E-state index is 12.8.